The number of hydrogen-bond donors (Lipinski definition) is 1. The molecule has 1 nitrogen and oxygen atoms in total. The van der Waals surface area contributed by atoms with Crippen LogP contribution < -0.4 is 5.32 Å². The third-order valence-electron chi connectivity index (χ3n) is 3.33. The molecule has 0 aromatic heterocycles. The van der Waals surface area contributed by atoms with Gasteiger partial charge in [0.2, 0.25) is 0 Å². The first-order valence-corrected chi connectivity index (χ1v) is 6.43. The molecule has 0 bridgehead atoms. The molecule has 0 heterocycles. The molecular weight excluding hydrogens is 282 g/mol. The molecule has 0 saturated heterocycles. The highest BCUT2D eigenvalue weighted by atomic mass is 19.4. The SMILES string of the molecule is CNC(c1ccc(C)cc1)c1ccc(C(F)(F)F)c(F)c1. The highest BCUT2D eigenvalue weighted by molar-refractivity contribution is 5.36. The van der Waals surface area contributed by atoms with Gasteiger partial charge in [-0.3, -0.25) is 0 Å². The summed E-state index contributed by atoms with van der Waals surface area (Å²) < 4.78 is 51.4. The minimum Gasteiger partial charge on any atom is -0.309 e. The summed E-state index contributed by atoms with van der Waals surface area (Å²) in [5.74, 6) is -1.26. The minimum absolute atomic E-state index is 0.359. The molecule has 0 fully saturated rings. The highest BCUT2D eigenvalue weighted by Gasteiger charge is 2.34. The van der Waals surface area contributed by atoms with Crippen LogP contribution in [0.25, 0.3) is 0 Å². The molecule has 0 aliphatic rings. The van der Waals surface area contributed by atoms with Crippen molar-refractivity contribution >= 4 is 0 Å². The second-order valence-electron chi connectivity index (χ2n) is 4.87. The number of nitrogens with one attached hydrogen (secondary N) is 1. The molecule has 5 heteroatoms. The third-order valence-corrected chi connectivity index (χ3v) is 3.33. The van der Waals surface area contributed by atoms with Crippen molar-refractivity contribution in [1.82, 2.24) is 5.32 Å². The van der Waals surface area contributed by atoms with Gasteiger partial charge in [0, 0.05) is 0 Å². The summed E-state index contributed by atoms with van der Waals surface area (Å²) in [5.41, 5.74) is 1.14. The van der Waals surface area contributed by atoms with Crippen molar-refractivity contribution in [1.29, 1.82) is 0 Å². The summed E-state index contributed by atoms with van der Waals surface area (Å²) >= 11 is 0. The van der Waals surface area contributed by atoms with E-state index in [4.69, 9.17) is 0 Å². The van der Waals surface area contributed by atoms with Gasteiger partial charge in [0.25, 0.3) is 0 Å². The summed E-state index contributed by atoms with van der Waals surface area (Å²) in [6, 6.07) is 10.2. The maximum atomic E-state index is 13.7. The lowest BCUT2D eigenvalue weighted by Gasteiger charge is -2.18. The largest absolute Gasteiger partial charge is 0.419 e. The molecule has 1 unspecified atom stereocenters. The Kier molecular flexibility index (Phi) is 4.32. The fourth-order valence-corrected chi connectivity index (χ4v) is 2.23. The second-order valence-corrected chi connectivity index (χ2v) is 4.87. The fourth-order valence-electron chi connectivity index (χ4n) is 2.23. The predicted octanol–water partition coefficient (Wildman–Crippen LogP) is 4.46. The number of hydrogen-bond acceptors (Lipinski definition) is 1. The van der Waals surface area contributed by atoms with E-state index < -0.39 is 17.6 Å². The molecule has 1 atom stereocenters. The molecule has 0 saturated carbocycles. The van der Waals surface area contributed by atoms with Gasteiger partial charge in [0.15, 0.2) is 0 Å². The van der Waals surface area contributed by atoms with Crippen LogP contribution in [0.1, 0.15) is 28.3 Å². The van der Waals surface area contributed by atoms with Crippen LogP contribution in [0.4, 0.5) is 17.6 Å². The van der Waals surface area contributed by atoms with Crippen molar-refractivity contribution in [2.24, 2.45) is 0 Å². The third kappa shape index (κ3) is 3.42. The molecule has 0 radical (unpaired) electrons. The Balaban J connectivity index is 2.40. The van der Waals surface area contributed by atoms with Crippen molar-refractivity contribution < 1.29 is 17.6 Å². The van der Waals surface area contributed by atoms with E-state index in [2.05, 4.69) is 5.32 Å². The van der Waals surface area contributed by atoms with Crippen LogP contribution >= 0.6 is 0 Å². The van der Waals surface area contributed by atoms with Crippen molar-refractivity contribution in [3.8, 4) is 0 Å². The Hall–Kier alpha value is -1.88. The lowest BCUT2D eigenvalue weighted by Crippen LogP contribution is -2.18. The Labute approximate surface area is 120 Å². The van der Waals surface area contributed by atoms with Gasteiger partial charge in [-0.25, -0.2) is 4.39 Å². The topological polar surface area (TPSA) is 12.0 Å². The van der Waals surface area contributed by atoms with E-state index in [1.807, 2.05) is 31.2 Å². The molecule has 0 amide bonds. The molecule has 0 aliphatic heterocycles. The van der Waals surface area contributed by atoms with E-state index in [1.165, 1.54) is 6.07 Å². The van der Waals surface area contributed by atoms with E-state index in [1.54, 1.807) is 7.05 Å². The van der Waals surface area contributed by atoms with Crippen molar-refractivity contribution in [3.05, 3.63) is 70.5 Å². The molecule has 2 aromatic carbocycles. The van der Waals surface area contributed by atoms with Crippen LogP contribution in [0.3, 0.4) is 0 Å². The maximum absolute atomic E-state index is 13.7. The second kappa shape index (κ2) is 5.85. The number of halogens is 4. The van der Waals surface area contributed by atoms with Gasteiger partial charge >= 0.3 is 6.18 Å². The summed E-state index contributed by atoms with van der Waals surface area (Å²) in [5, 5.41) is 2.99. The number of benzene rings is 2. The Morgan fingerprint density at radius 1 is 0.952 bits per heavy atom. The summed E-state index contributed by atoms with van der Waals surface area (Å²) in [7, 11) is 1.68. The number of rotatable bonds is 3. The zero-order valence-corrected chi connectivity index (χ0v) is 11.6. The molecule has 0 spiro atoms. The van der Waals surface area contributed by atoms with Crippen molar-refractivity contribution in [3.63, 3.8) is 0 Å². The zero-order chi connectivity index (χ0) is 15.6. The molecule has 112 valence electrons. The average molecular weight is 297 g/mol. The monoisotopic (exact) mass is 297 g/mol. The molecule has 1 N–H and O–H groups in total. The first-order chi connectivity index (χ1) is 9.82. The fraction of sp³-hybridized carbons (Fsp3) is 0.250. The average Bonchev–Trinajstić information content (AvgIpc) is 2.40. The van der Waals surface area contributed by atoms with Crippen molar-refractivity contribution in [2.45, 2.75) is 19.1 Å². The van der Waals surface area contributed by atoms with Gasteiger partial charge in [0.1, 0.15) is 5.82 Å². The van der Waals surface area contributed by atoms with Crippen molar-refractivity contribution in [2.75, 3.05) is 7.05 Å². The molecular formula is C16H15F4N. The van der Waals surface area contributed by atoms with E-state index in [9.17, 15) is 17.6 Å². The van der Waals surface area contributed by atoms with Gasteiger partial charge < -0.3 is 5.32 Å². The van der Waals surface area contributed by atoms with E-state index in [0.717, 1.165) is 23.3 Å². The number of alkyl halides is 3. The molecule has 21 heavy (non-hydrogen) atoms. The molecule has 2 aromatic rings. The van der Waals surface area contributed by atoms with E-state index in [-0.39, 0.29) is 6.04 Å². The Morgan fingerprint density at radius 3 is 2.00 bits per heavy atom. The summed E-state index contributed by atoms with van der Waals surface area (Å²) in [4.78, 5) is 0. The summed E-state index contributed by atoms with van der Waals surface area (Å²) in [6.07, 6.45) is -4.68. The van der Waals surface area contributed by atoms with E-state index in [0.29, 0.717) is 5.56 Å². The Bertz CT molecular complexity index is 617. The highest BCUT2D eigenvalue weighted by Crippen LogP contribution is 2.33. The van der Waals surface area contributed by atoms with Crippen LogP contribution in [-0.4, -0.2) is 7.05 Å². The molecule has 2 rings (SSSR count). The quantitative estimate of drug-likeness (QED) is 0.825. The standard InChI is InChI=1S/C16H15F4N/c1-10-3-5-11(6-4-10)15(21-2)12-7-8-13(14(17)9-12)16(18,19)20/h3-9,15,21H,1-2H3. The molecule has 0 aliphatic carbocycles. The normalized spacial score (nSPS) is 13.2. The lowest BCUT2D eigenvalue weighted by atomic mass is 9.97. The van der Waals surface area contributed by atoms with Gasteiger partial charge in [0.05, 0.1) is 11.6 Å². The van der Waals surface area contributed by atoms with Crippen LogP contribution in [-0.2, 0) is 6.18 Å². The van der Waals surface area contributed by atoms with Crippen LogP contribution in [0, 0.1) is 12.7 Å². The minimum atomic E-state index is -4.68. The lowest BCUT2D eigenvalue weighted by molar-refractivity contribution is -0.140. The smallest absolute Gasteiger partial charge is 0.309 e. The van der Waals surface area contributed by atoms with Gasteiger partial charge in [-0.05, 0) is 37.2 Å². The zero-order valence-electron chi connectivity index (χ0n) is 11.6. The maximum Gasteiger partial charge on any atom is 0.419 e. The van der Waals surface area contributed by atoms with Crippen LogP contribution in [0.15, 0.2) is 42.5 Å². The van der Waals surface area contributed by atoms with Gasteiger partial charge in [-0.1, -0.05) is 35.9 Å². The van der Waals surface area contributed by atoms with Gasteiger partial charge in [-0.2, -0.15) is 13.2 Å². The first kappa shape index (κ1) is 15.5. The van der Waals surface area contributed by atoms with Gasteiger partial charge in [-0.15, -0.1) is 0 Å². The predicted molar refractivity (Wildman–Crippen MR) is 73.5 cm³/mol. The summed E-state index contributed by atoms with van der Waals surface area (Å²) in [6.45, 7) is 1.94. The van der Waals surface area contributed by atoms with E-state index >= 15 is 0 Å². The number of aryl methyl sites for hydroxylation is 1. The van der Waals surface area contributed by atoms with Crippen LogP contribution in [0.2, 0.25) is 0 Å². The first-order valence-electron chi connectivity index (χ1n) is 6.43. The van der Waals surface area contributed by atoms with Crippen LogP contribution in [0.5, 0.6) is 0 Å². The Morgan fingerprint density at radius 2 is 1.52 bits per heavy atom.